The summed E-state index contributed by atoms with van der Waals surface area (Å²) < 4.78 is 1.93. The maximum atomic E-state index is 12.8. The van der Waals surface area contributed by atoms with Crippen molar-refractivity contribution in [3.8, 4) is 0 Å². The molecule has 0 saturated carbocycles. The van der Waals surface area contributed by atoms with Crippen molar-refractivity contribution in [1.82, 2.24) is 25.6 Å². The number of fused-ring (bicyclic) bond motifs is 1. The zero-order valence-corrected chi connectivity index (χ0v) is 17.9. The number of nitrogens with one attached hydrogen (secondary N) is 2. The van der Waals surface area contributed by atoms with Gasteiger partial charge in [0.15, 0.2) is 0 Å². The molecule has 10 heteroatoms. The number of aromatic nitrogens is 3. The number of hydrogen-bond acceptors (Lipinski definition) is 6. The first-order chi connectivity index (χ1) is 14.9. The molecule has 158 valence electrons. The highest BCUT2D eigenvalue weighted by Gasteiger charge is 2.30. The quantitative estimate of drug-likeness (QED) is 0.528. The summed E-state index contributed by atoms with van der Waals surface area (Å²) in [5.74, 6) is -1.05. The van der Waals surface area contributed by atoms with Crippen LogP contribution in [0.5, 0.6) is 0 Å². The van der Waals surface area contributed by atoms with Gasteiger partial charge in [-0.2, -0.15) is 4.68 Å². The first kappa shape index (κ1) is 20.9. The van der Waals surface area contributed by atoms with Gasteiger partial charge in [0.25, 0.3) is 11.5 Å². The molecule has 2 aromatic carbocycles. The first-order valence-corrected chi connectivity index (χ1v) is 10.4. The van der Waals surface area contributed by atoms with E-state index < -0.39 is 17.5 Å². The molecule has 2 heterocycles. The SMILES string of the molecule is O=C(Cc1cccc(Br)c1)NCc1ccc2c(=O)n(C3CCC(=O)NC3=O)nnc2c1. The third kappa shape index (κ3) is 4.69. The second kappa shape index (κ2) is 8.76. The van der Waals surface area contributed by atoms with Crippen molar-refractivity contribution in [2.24, 2.45) is 0 Å². The Morgan fingerprint density at radius 2 is 2.00 bits per heavy atom. The fraction of sp³-hybridized carbons (Fsp3) is 0.238. The van der Waals surface area contributed by atoms with E-state index in [4.69, 9.17) is 0 Å². The summed E-state index contributed by atoms with van der Waals surface area (Å²) >= 11 is 3.38. The minimum Gasteiger partial charge on any atom is -0.352 e. The van der Waals surface area contributed by atoms with Crippen LogP contribution in [0.25, 0.3) is 10.9 Å². The molecular weight excluding hydrogens is 466 g/mol. The number of piperidine rings is 1. The normalized spacial score (nSPS) is 16.2. The lowest BCUT2D eigenvalue weighted by Crippen LogP contribution is -2.45. The number of rotatable bonds is 5. The van der Waals surface area contributed by atoms with Gasteiger partial charge in [-0.15, -0.1) is 5.10 Å². The number of nitrogens with zero attached hydrogens (tertiary/aromatic N) is 3. The van der Waals surface area contributed by atoms with Gasteiger partial charge in [0.2, 0.25) is 11.8 Å². The van der Waals surface area contributed by atoms with Crippen molar-refractivity contribution in [3.63, 3.8) is 0 Å². The highest BCUT2D eigenvalue weighted by atomic mass is 79.9. The standard InChI is InChI=1S/C21H18BrN5O4/c22-14-3-1-2-12(8-14)10-19(29)23-11-13-4-5-15-16(9-13)25-26-27(21(15)31)17-6-7-18(28)24-20(17)30/h1-5,8-9,17H,6-7,10-11H2,(H,23,29)(H,24,28,30). The van der Waals surface area contributed by atoms with Gasteiger partial charge in [-0.1, -0.05) is 39.3 Å². The number of imide groups is 1. The second-order valence-corrected chi connectivity index (χ2v) is 8.16. The van der Waals surface area contributed by atoms with E-state index in [1.807, 2.05) is 24.3 Å². The fourth-order valence-electron chi connectivity index (χ4n) is 3.43. The van der Waals surface area contributed by atoms with Crippen LogP contribution in [0.2, 0.25) is 0 Å². The lowest BCUT2D eigenvalue weighted by Gasteiger charge is -2.21. The van der Waals surface area contributed by atoms with Crippen molar-refractivity contribution in [2.75, 3.05) is 0 Å². The van der Waals surface area contributed by atoms with E-state index in [9.17, 15) is 19.2 Å². The lowest BCUT2D eigenvalue weighted by molar-refractivity contribution is -0.136. The zero-order valence-electron chi connectivity index (χ0n) is 16.3. The molecule has 1 aliphatic heterocycles. The molecule has 0 radical (unpaired) electrons. The van der Waals surface area contributed by atoms with E-state index in [1.54, 1.807) is 18.2 Å². The summed E-state index contributed by atoms with van der Waals surface area (Å²) in [6, 6.07) is 11.7. The molecule has 1 saturated heterocycles. The first-order valence-electron chi connectivity index (χ1n) is 9.63. The zero-order chi connectivity index (χ0) is 22.0. The van der Waals surface area contributed by atoms with Crippen molar-refractivity contribution < 1.29 is 14.4 Å². The summed E-state index contributed by atoms with van der Waals surface area (Å²) in [5, 5.41) is 13.3. The van der Waals surface area contributed by atoms with E-state index >= 15 is 0 Å². The van der Waals surface area contributed by atoms with Crippen LogP contribution in [0, 0.1) is 0 Å². The Balaban J connectivity index is 1.47. The predicted molar refractivity (Wildman–Crippen MR) is 115 cm³/mol. The molecule has 1 fully saturated rings. The van der Waals surface area contributed by atoms with E-state index in [0.29, 0.717) is 10.9 Å². The maximum Gasteiger partial charge on any atom is 0.278 e. The van der Waals surface area contributed by atoms with E-state index in [1.165, 1.54) is 0 Å². The highest BCUT2D eigenvalue weighted by Crippen LogP contribution is 2.17. The van der Waals surface area contributed by atoms with Crippen molar-refractivity contribution in [1.29, 1.82) is 0 Å². The average molecular weight is 484 g/mol. The number of halogens is 1. The highest BCUT2D eigenvalue weighted by molar-refractivity contribution is 9.10. The Morgan fingerprint density at radius 1 is 1.16 bits per heavy atom. The smallest absolute Gasteiger partial charge is 0.278 e. The van der Waals surface area contributed by atoms with Gasteiger partial charge < -0.3 is 5.32 Å². The van der Waals surface area contributed by atoms with Gasteiger partial charge in [-0.3, -0.25) is 24.5 Å². The third-order valence-corrected chi connectivity index (χ3v) is 5.49. The van der Waals surface area contributed by atoms with Crippen molar-refractivity contribution >= 4 is 44.6 Å². The predicted octanol–water partition coefficient (Wildman–Crippen LogP) is 1.39. The number of benzene rings is 2. The topological polar surface area (TPSA) is 123 Å². The molecule has 2 N–H and O–H groups in total. The van der Waals surface area contributed by atoms with Gasteiger partial charge in [0.05, 0.1) is 11.8 Å². The van der Waals surface area contributed by atoms with Gasteiger partial charge in [0.1, 0.15) is 11.6 Å². The molecule has 1 aromatic heterocycles. The van der Waals surface area contributed by atoms with Crippen molar-refractivity contribution in [3.05, 3.63) is 68.4 Å². The molecule has 0 aliphatic carbocycles. The summed E-state index contributed by atoms with van der Waals surface area (Å²) in [6.45, 7) is 0.278. The molecule has 3 aromatic rings. The van der Waals surface area contributed by atoms with Gasteiger partial charge >= 0.3 is 0 Å². The molecular formula is C21H18BrN5O4. The van der Waals surface area contributed by atoms with Crippen LogP contribution in [0.3, 0.4) is 0 Å². The van der Waals surface area contributed by atoms with Gasteiger partial charge in [-0.05, 0) is 41.8 Å². The minimum atomic E-state index is -0.862. The van der Waals surface area contributed by atoms with E-state index in [-0.39, 0.29) is 37.6 Å². The third-order valence-electron chi connectivity index (χ3n) is 5.00. The van der Waals surface area contributed by atoms with Crippen LogP contribution >= 0.6 is 15.9 Å². The number of carbonyl (C=O) groups is 3. The molecule has 3 amide bonds. The second-order valence-electron chi connectivity index (χ2n) is 7.24. The Labute approximate surface area is 185 Å². The van der Waals surface area contributed by atoms with Crippen LogP contribution in [0.1, 0.15) is 30.0 Å². The summed E-state index contributed by atoms with van der Waals surface area (Å²) in [7, 11) is 0. The van der Waals surface area contributed by atoms with Crippen LogP contribution in [-0.2, 0) is 27.3 Å². The number of carbonyl (C=O) groups excluding carboxylic acids is 3. The molecule has 0 bridgehead atoms. The van der Waals surface area contributed by atoms with Crippen molar-refractivity contribution in [2.45, 2.75) is 31.8 Å². The molecule has 0 spiro atoms. The Hall–Kier alpha value is -3.40. The average Bonchev–Trinajstić information content (AvgIpc) is 2.73. The Morgan fingerprint density at radius 3 is 2.77 bits per heavy atom. The monoisotopic (exact) mass is 483 g/mol. The van der Waals surface area contributed by atoms with E-state index in [0.717, 1.165) is 20.3 Å². The molecule has 9 nitrogen and oxygen atoms in total. The Kier molecular flexibility index (Phi) is 5.90. The number of amides is 3. The van der Waals surface area contributed by atoms with Crippen LogP contribution in [0.15, 0.2) is 51.7 Å². The molecule has 4 rings (SSSR count). The summed E-state index contributed by atoms with van der Waals surface area (Å²) in [6.07, 6.45) is 0.595. The molecule has 1 unspecified atom stereocenters. The molecule has 1 atom stereocenters. The van der Waals surface area contributed by atoms with Crippen LogP contribution in [-0.4, -0.2) is 32.7 Å². The largest absolute Gasteiger partial charge is 0.352 e. The van der Waals surface area contributed by atoms with Gasteiger partial charge in [0, 0.05) is 17.4 Å². The molecule has 31 heavy (non-hydrogen) atoms. The molecule has 1 aliphatic rings. The minimum absolute atomic E-state index is 0.127. The maximum absolute atomic E-state index is 12.8. The number of hydrogen-bond donors (Lipinski definition) is 2. The van der Waals surface area contributed by atoms with Gasteiger partial charge in [-0.25, -0.2) is 0 Å². The van der Waals surface area contributed by atoms with Crippen LogP contribution < -0.4 is 16.2 Å². The summed E-state index contributed by atoms with van der Waals surface area (Å²) in [4.78, 5) is 48.4. The lowest BCUT2D eigenvalue weighted by atomic mass is 10.1. The fourth-order valence-corrected chi connectivity index (χ4v) is 3.87. The van der Waals surface area contributed by atoms with E-state index in [2.05, 4.69) is 36.9 Å². The summed E-state index contributed by atoms with van der Waals surface area (Å²) in [5.41, 5.74) is 1.57. The Bertz CT molecular complexity index is 1260. The van der Waals surface area contributed by atoms with Crippen LogP contribution in [0.4, 0.5) is 0 Å².